The number of aromatic nitrogens is 2. The number of benzene rings is 1. The molecular weight excluding hydrogens is 290 g/mol. The number of fused-ring (bicyclic) bond motifs is 1. The first-order chi connectivity index (χ1) is 11.2. The second-order valence-electron chi connectivity index (χ2n) is 6.30. The fourth-order valence-electron chi connectivity index (χ4n) is 3.25. The summed E-state index contributed by atoms with van der Waals surface area (Å²) in [7, 11) is 0. The van der Waals surface area contributed by atoms with Crippen LogP contribution in [0, 0.1) is 0 Å². The van der Waals surface area contributed by atoms with Crippen molar-refractivity contribution in [2.24, 2.45) is 0 Å². The molecule has 0 atom stereocenters. The third-order valence-electron chi connectivity index (χ3n) is 4.53. The second kappa shape index (κ2) is 7.40. The van der Waals surface area contributed by atoms with Gasteiger partial charge in [-0.3, -0.25) is 9.59 Å². The Morgan fingerprint density at radius 2 is 1.83 bits per heavy atom. The molecule has 2 aromatic rings. The number of carbonyl (C=O) groups is 1. The number of nitrogens with zero attached hydrogens (tertiary/aromatic N) is 2. The molecule has 0 saturated heterocycles. The van der Waals surface area contributed by atoms with Gasteiger partial charge in [0.25, 0.3) is 5.56 Å². The van der Waals surface area contributed by atoms with E-state index < -0.39 is 0 Å². The summed E-state index contributed by atoms with van der Waals surface area (Å²) in [5.41, 5.74) is -0.212. The summed E-state index contributed by atoms with van der Waals surface area (Å²) in [5.74, 6) is -0.125. The summed E-state index contributed by atoms with van der Waals surface area (Å²) in [6.07, 6.45) is 9.84. The fraction of sp³-hybridized carbons (Fsp3) is 0.500. The molecule has 1 aliphatic rings. The van der Waals surface area contributed by atoms with Crippen molar-refractivity contribution in [1.29, 1.82) is 0 Å². The molecule has 1 heterocycles. The quantitative estimate of drug-likeness (QED) is 0.947. The highest BCUT2D eigenvalue weighted by Gasteiger charge is 2.15. The summed E-state index contributed by atoms with van der Waals surface area (Å²) < 4.78 is 1.25. The Balaban J connectivity index is 1.67. The Labute approximate surface area is 135 Å². The maximum Gasteiger partial charge on any atom is 0.275 e. The zero-order valence-electron chi connectivity index (χ0n) is 13.3. The van der Waals surface area contributed by atoms with E-state index in [4.69, 9.17) is 0 Å². The molecule has 1 fully saturated rings. The van der Waals surface area contributed by atoms with Gasteiger partial charge in [0.15, 0.2) is 0 Å². The van der Waals surface area contributed by atoms with Crippen LogP contribution in [0.1, 0.15) is 44.9 Å². The summed E-state index contributed by atoms with van der Waals surface area (Å²) in [5, 5.41) is 8.59. The first kappa shape index (κ1) is 15.7. The van der Waals surface area contributed by atoms with Crippen LogP contribution in [-0.2, 0) is 11.3 Å². The maximum atomic E-state index is 12.4. The van der Waals surface area contributed by atoms with Crippen molar-refractivity contribution in [2.75, 3.05) is 0 Å². The lowest BCUT2D eigenvalue weighted by Crippen LogP contribution is -2.39. The Bertz CT molecular complexity index is 730. The number of nitrogens with one attached hydrogen (secondary N) is 1. The molecular formula is C18H23N3O2. The number of hydrogen-bond acceptors (Lipinski definition) is 3. The van der Waals surface area contributed by atoms with E-state index in [0.717, 1.165) is 18.2 Å². The zero-order chi connectivity index (χ0) is 16.1. The van der Waals surface area contributed by atoms with Crippen LogP contribution in [0.15, 0.2) is 35.3 Å². The Morgan fingerprint density at radius 1 is 1.13 bits per heavy atom. The molecule has 1 aromatic carbocycles. The number of carbonyl (C=O) groups excluding carboxylic acids is 1. The monoisotopic (exact) mass is 313 g/mol. The molecule has 1 N–H and O–H groups in total. The molecule has 3 rings (SSSR count). The van der Waals surface area contributed by atoms with Crippen molar-refractivity contribution in [3.63, 3.8) is 0 Å². The molecule has 122 valence electrons. The summed E-state index contributed by atoms with van der Waals surface area (Å²) in [6, 6.07) is 7.54. The average molecular weight is 313 g/mol. The topological polar surface area (TPSA) is 64.0 Å². The van der Waals surface area contributed by atoms with Crippen LogP contribution >= 0.6 is 0 Å². The van der Waals surface area contributed by atoms with Gasteiger partial charge in [0.2, 0.25) is 5.91 Å². The molecule has 0 aliphatic heterocycles. The lowest BCUT2D eigenvalue weighted by atomic mass is 9.97. The molecule has 5 heteroatoms. The molecule has 0 bridgehead atoms. The first-order valence-electron chi connectivity index (χ1n) is 8.48. The fourth-order valence-corrected chi connectivity index (χ4v) is 3.25. The summed E-state index contributed by atoms with van der Waals surface area (Å²) >= 11 is 0. The molecule has 0 unspecified atom stereocenters. The van der Waals surface area contributed by atoms with Crippen molar-refractivity contribution < 1.29 is 4.79 Å². The van der Waals surface area contributed by atoms with Gasteiger partial charge in [0.1, 0.15) is 6.54 Å². The van der Waals surface area contributed by atoms with E-state index in [-0.39, 0.29) is 24.1 Å². The molecule has 0 spiro atoms. The maximum absolute atomic E-state index is 12.4. The highest BCUT2D eigenvalue weighted by atomic mass is 16.2. The van der Waals surface area contributed by atoms with Crippen molar-refractivity contribution in [2.45, 2.75) is 57.5 Å². The Morgan fingerprint density at radius 3 is 2.61 bits per heavy atom. The van der Waals surface area contributed by atoms with Gasteiger partial charge in [-0.05, 0) is 18.9 Å². The van der Waals surface area contributed by atoms with Crippen molar-refractivity contribution >= 4 is 16.7 Å². The third kappa shape index (κ3) is 3.97. The minimum absolute atomic E-state index is 0.0137. The van der Waals surface area contributed by atoms with Gasteiger partial charge in [-0.2, -0.15) is 5.10 Å². The molecule has 0 radical (unpaired) electrons. The molecule has 1 aliphatic carbocycles. The van der Waals surface area contributed by atoms with Crippen molar-refractivity contribution in [1.82, 2.24) is 15.1 Å². The number of hydrogen-bond donors (Lipinski definition) is 1. The number of rotatable bonds is 3. The van der Waals surface area contributed by atoms with Gasteiger partial charge in [0.05, 0.1) is 11.6 Å². The minimum Gasteiger partial charge on any atom is -0.352 e. The largest absolute Gasteiger partial charge is 0.352 e. The number of amides is 1. The minimum atomic E-state index is -0.212. The van der Waals surface area contributed by atoms with E-state index in [2.05, 4.69) is 10.4 Å². The van der Waals surface area contributed by atoms with Crippen LogP contribution in [0.3, 0.4) is 0 Å². The molecule has 1 amide bonds. The van der Waals surface area contributed by atoms with Crippen LogP contribution in [0.2, 0.25) is 0 Å². The Hall–Kier alpha value is -2.17. The lowest BCUT2D eigenvalue weighted by molar-refractivity contribution is -0.122. The average Bonchev–Trinajstić information content (AvgIpc) is 2.53. The highest BCUT2D eigenvalue weighted by Crippen LogP contribution is 2.17. The SMILES string of the molecule is O=C(Cn1ncc2ccccc2c1=O)NC1CCCCCCC1. The standard InChI is InChI=1S/C18H23N3O2/c22-17(20-15-9-4-2-1-3-5-10-15)13-21-18(23)16-11-7-6-8-14(16)12-19-21/h6-8,11-12,15H,1-5,9-10,13H2,(H,20,22). The van der Waals surface area contributed by atoms with E-state index in [1.54, 1.807) is 12.3 Å². The van der Waals surface area contributed by atoms with Gasteiger partial charge >= 0.3 is 0 Å². The lowest BCUT2D eigenvalue weighted by Gasteiger charge is -2.21. The van der Waals surface area contributed by atoms with E-state index >= 15 is 0 Å². The van der Waals surface area contributed by atoms with E-state index in [1.165, 1.54) is 36.8 Å². The van der Waals surface area contributed by atoms with Crippen LogP contribution in [0.5, 0.6) is 0 Å². The van der Waals surface area contributed by atoms with Crippen LogP contribution in [0.4, 0.5) is 0 Å². The molecule has 23 heavy (non-hydrogen) atoms. The van der Waals surface area contributed by atoms with Gasteiger partial charge < -0.3 is 5.32 Å². The van der Waals surface area contributed by atoms with E-state index in [9.17, 15) is 9.59 Å². The predicted molar refractivity (Wildman–Crippen MR) is 90.3 cm³/mol. The zero-order valence-corrected chi connectivity index (χ0v) is 13.3. The van der Waals surface area contributed by atoms with Crippen LogP contribution in [0.25, 0.3) is 10.8 Å². The predicted octanol–water partition coefficient (Wildman–Crippen LogP) is 2.63. The van der Waals surface area contributed by atoms with Crippen molar-refractivity contribution in [3.8, 4) is 0 Å². The summed E-state index contributed by atoms with van der Waals surface area (Å²) in [6.45, 7) is -0.0137. The summed E-state index contributed by atoms with van der Waals surface area (Å²) in [4.78, 5) is 24.6. The third-order valence-corrected chi connectivity index (χ3v) is 4.53. The van der Waals surface area contributed by atoms with E-state index in [0.29, 0.717) is 5.39 Å². The van der Waals surface area contributed by atoms with Gasteiger partial charge in [-0.1, -0.05) is 50.3 Å². The normalized spacial score (nSPS) is 16.7. The molecule has 1 aromatic heterocycles. The Kier molecular flexibility index (Phi) is 5.05. The first-order valence-corrected chi connectivity index (χ1v) is 8.48. The van der Waals surface area contributed by atoms with Gasteiger partial charge in [-0.25, -0.2) is 4.68 Å². The van der Waals surface area contributed by atoms with Gasteiger partial charge in [0, 0.05) is 11.4 Å². The van der Waals surface area contributed by atoms with Gasteiger partial charge in [-0.15, -0.1) is 0 Å². The smallest absolute Gasteiger partial charge is 0.275 e. The van der Waals surface area contributed by atoms with Crippen LogP contribution in [-0.4, -0.2) is 21.7 Å². The second-order valence-corrected chi connectivity index (χ2v) is 6.30. The van der Waals surface area contributed by atoms with E-state index in [1.807, 2.05) is 18.2 Å². The molecule has 5 nitrogen and oxygen atoms in total. The van der Waals surface area contributed by atoms with Crippen LogP contribution < -0.4 is 10.9 Å². The highest BCUT2D eigenvalue weighted by molar-refractivity contribution is 5.81. The molecule has 1 saturated carbocycles. The van der Waals surface area contributed by atoms with Crippen molar-refractivity contribution in [3.05, 3.63) is 40.8 Å².